The second-order valence-corrected chi connectivity index (χ2v) is 6.33. The van der Waals surface area contributed by atoms with Gasteiger partial charge in [-0.2, -0.15) is 0 Å². The summed E-state index contributed by atoms with van der Waals surface area (Å²) in [5, 5.41) is 0. The van der Waals surface area contributed by atoms with Gasteiger partial charge in [-0.25, -0.2) is 0 Å². The SMILES string of the molecule is COCCC(=O)OC1CC2CCC1(C)C2(C)C. The van der Waals surface area contributed by atoms with Gasteiger partial charge in [0.15, 0.2) is 0 Å². The van der Waals surface area contributed by atoms with E-state index < -0.39 is 0 Å². The van der Waals surface area contributed by atoms with Crippen molar-refractivity contribution in [2.24, 2.45) is 16.7 Å². The Bertz CT molecular complexity index is 311. The van der Waals surface area contributed by atoms with E-state index in [2.05, 4.69) is 20.8 Å². The zero-order valence-corrected chi connectivity index (χ0v) is 11.4. The maximum Gasteiger partial charge on any atom is 0.308 e. The zero-order chi connectivity index (χ0) is 12.7. The molecule has 98 valence electrons. The molecule has 0 spiro atoms. The lowest BCUT2D eigenvalue weighted by Crippen LogP contribution is -2.38. The van der Waals surface area contributed by atoms with Crippen LogP contribution in [-0.4, -0.2) is 25.8 Å². The van der Waals surface area contributed by atoms with Crippen molar-refractivity contribution in [2.75, 3.05) is 13.7 Å². The fourth-order valence-electron chi connectivity index (χ4n) is 3.71. The first-order valence-electron chi connectivity index (χ1n) is 6.60. The number of rotatable bonds is 4. The molecule has 3 nitrogen and oxygen atoms in total. The Morgan fingerprint density at radius 2 is 2.06 bits per heavy atom. The van der Waals surface area contributed by atoms with Crippen LogP contribution in [0.5, 0.6) is 0 Å². The minimum absolute atomic E-state index is 0.110. The monoisotopic (exact) mass is 240 g/mol. The summed E-state index contributed by atoms with van der Waals surface area (Å²) in [5.74, 6) is 0.606. The van der Waals surface area contributed by atoms with Crippen molar-refractivity contribution < 1.29 is 14.3 Å². The molecule has 0 saturated heterocycles. The van der Waals surface area contributed by atoms with E-state index in [1.54, 1.807) is 7.11 Å². The third-order valence-electron chi connectivity index (χ3n) is 5.50. The van der Waals surface area contributed by atoms with Gasteiger partial charge in [0.25, 0.3) is 0 Å². The number of ether oxygens (including phenoxy) is 2. The van der Waals surface area contributed by atoms with Crippen molar-refractivity contribution in [3.05, 3.63) is 0 Å². The molecule has 0 heterocycles. The van der Waals surface area contributed by atoms with Crippen LogP contribution in [-0.2, 0) is 14.3 Å². The molecule has 2 aliphatic rings. The minimum Gasteiger partial charge on any atom is -0.462 e. The normalized spacial score (nSPS) is 38.4. The van der Waals surface area contributed by atoms with Gasteiger partial charge in [-0.15, -0.1) is 0 Å². The molecule has 0 radical (unpaired) electrons. The molecule has 0 aromatic rings. The number of hydrogen-bond donors (Lipinski definition) is 0. The van der Waals surface area contributed by atoms with Crippen molar-refractivity contribution in [1.82, 2.24) is 0 Å². The van der Waals surface area contributed by atoms with Gasteiger partial charge < -0.3 is 9.47 Å². The van der Waals surface area contributed by atoms with Crippen molar-refractivity contribution in [3.8, 4) is 0 Å². The predicted octanol–water partition coefficient (Wildman–Crippen LogP) is 2.78. The van der Waals surface area contributed by atoms with E-state index in [4.69, 9.17) is 9.47 Å². The summed E-state index contributed by atoms with van der Waals surface area (Å²) in [4.78, 5) is 11.7. The fourth-order valence-corrected chi connectivity index (χ4v) is 3.71. The van der Waals surface area contributed by atoms with Crippen molar-refractivity contribution in [3.63, 3.8) is 0 Å². The Balaban J connectivity index is 1.98. The second-order valence-electron chi connectivity index (χ2n) is 6.33. The highest BCUT2D eigenvalue weighted by atomic mass is 16.5. The maximum absolute atomic E-state index is 11.7. The minimum atomic E-state index is -0.110. The van der Waals surface area contributed by atoms with Crippen LogP contribution in [0.2, 0.25) is 0 Å². The zero-order valence-electron chi connectivity index (χ0n) is 11.4. The van der Waals surface area contributed by atoms with Crippen LogP contribution in [0.15, 0.2) is 0 Å². The third kappa shape index (κ3) is 1.88. The van der Waals surface area contributed by atoms with Crippen LogP contribution in [0.4, 0.5) is 0 Å². The molecule has 17 heavy (non-hydrogen) atoms. The van der Waals surface area contributed by atoms with E-state index in [0.717, 1.165) is 6.42 Å². The highest BCUT2D eigenvalue weighted by Crippen LogP contribution is 2.66. The first kappa shape index (κ1) is 12.9. The van der Waals surface area contributed by atoms with Crippen LogP contribution in [0.3, 0.4) is 0 Å². The Morgan fingerprint density at radius 1 is 1.35 bits per heavy atom. The van der Waals surface area contributed by atoms with Gasteiger partial charge in [0, 0.05) is 12.5 Å². The molecule has 3 unspecified atom stereocenters. The lowest BCUT2D eigenvalue weighted by molar-refractivity contribution is -0.157. The van der Waals surface area contributed by atoms with Crippen LogP contribution in [0.1, 0.15) is 46.5 Å². The summed E-state index contributed by atoms with van der Waals surface area (Å²) in [6, 6.07) is 0. The van der Waals surface area contributed by atoms with Gasteiger partial charge in [0.05, 0.1) is 13.0 Å². The molecule has 0 N–H and O–H groups in total. The molecule has 0 aromatic carbocycles. The Labute approximate surface area is 104 Å². The Hall–Kier alpha value is -0.570. The van der Waals surface area contributed by atoms with Gasteiger partial charge in [0.2, 0.25) is 0 Å². The topological polar surface area (TPSA) is 35.5 Å². The van der Waals surface area contributed by atoms with Crippen molar-refractivity contribution >= 4 is 5.97 Å². The summed E-state index contributed by atoms with van der Waals surface area (Å²) in [6.07, 6.45) is 4.00. The molecule has 0 amide bonds. The number of methoxy groups -OCH3 is 1. The van der Waals surface area contributed by atoms with Crippen molar-refractivity contribution in [1.29, 1.82) is 0 Å². The molecule has 2 bridgehead atoms. The van der Waals surface area contributed by atoms with Gasteiger partial charge in [0.1, 0.15) is 6.10 Å². The van der Waals surface area contributed by atoms with E-state index in [1.807, 2.05) is 0 Å². The Kier molecular flexibility index (Phi) is 3.23. The number of carbonyl (C=O) groups is 1. The van der Waals surface area contributed by atoms with Gasteiger partial charge in [-0.05, 0) is 30.6 Å². The summed E-state index contributed by atoms with van der Waals surface area (Å²) in [5.41, 5.74) is 0.472. The average molecular weight is 240 g/mol. The number of esters is 1. The number of hydrogen-bond acceptors (Lipinski definition) is 3. The number of fused-ring (bicyclic) bond motifs is 2. The highest BCUT2D eigenvalue weighted by Gasteiger charge is 2.62. The van der Waals surface area contributed by atoms with Crippen LogP contribution >= 0.6 is 0 Å². The van der Waals surface area contributed by atoms with Crippen LogP contribution in [0.25, 0.3) is 0 Å². The van der Waals surface area contributed by atoms with E-state index in [1.165, 1.54) is 12.8 Å². The van der Waals surface area contributed by atoms with E-state index in [-0.39, 0.29) is 17.5 Å². The number of carbonyl (C=O) groups excluding carboxylic acids is 1. The maximum atomic E-state index is 11.7. The predicted molar refractivity (Wildman–Crippen MR) is 65.6 cm³/mol. The van der Waals surface area contributed by atoms with Gasteiger partial charge in [-0.3, -0.25) is 4.79 Å². The summed E-state index contributed by atoms with van der Waals surface area (Å²) < 4.78 is 10.6. The molecule has 2 aliphatic carbocycles. The molecule has 2 rings (SSSR count). The smallest absolute Gasteiger partial charge is 0.308 e. The average Bonchev–Trinajstić information content (AvgIpc) is 2.59. The summed E-state index contributed by atoms with van der Waals surface area (Å²) in [7, 11) is 1.61. The lowest BCUT2D eigenvalue weighted by Gasteiger charge is -2.38. The molecule has 3 atom stereocenters. The molecular weight excluding hydrogens is 216 g/mol. The quantitative estimate of drug-likeness (QED) is 0.709. The largest absolute Gasteiger partial charge is 0.462 e. The molecule has 3 heteroatoms. The summed E-state index contributed by atoms with van der Waals surface area (Å²) in [6.45, 7) is 7.39. The molecule has 2 fully saturated rings. The lowest BCUT2D eigenvalue weighted by atomic mass is 9.70. The molecular formula is C14H24O3. The van der Waals surface area contributed by atoms with Crippen molar-refractivity contribution in [2.45, 2.75) is 52.6 Å². The first-order chi connectivity index (χ1) is 7.91. The highest BCUT2D eigenvalue weighted by molar-refractivity contribution is 5.69. The molecule has 0 aromatic heterocycles. The molecule has 2 saturated carbocycles. The fraction of sp³-hybridized carbons (Fsp3) is 0.929. The third-order valence-corrected chi connectivity index (χ3v) is 5.50. The van der Waals surface area contributed by atoms with Gasteiger partial charge in [-0.1, -0.05) is 20.8 Å². The molecule has 0 aliphatic heterocycles. The Morgan fingerprint density at radius 3 is 2.53 bits per heavy atom. The van der Waals surface area contributed by atoms with E-state index in [0.29, 0.717) is 24.4 Å². The van der Waals surface area contributed by atoms with E-state index >= 15 is 0 Å². The van der Waals surface area contributed by atoms with Crippen LogP contribution < -0.4 is 0 Å². The standard InChI is InChI=1S/C14H24O3/c1-13(2)10-5-7-14(13,3)11(9-10)17-12(15)6-8-16-4/h10-11H,5-9H2,1-4H3. The van der Waals surface area contributed by atoms with Gasteiger partial charge >= 0.3 is 5.97 Å². The second kappa shape index (κ2) is 4.27. The van der Waals surface area contributed by atoms with Crippen LogP contribution in [0, 0.1) is 16.7 Å². The first-order valence-corrected chi connectivity index (χ1v) is 6.60. The van der Waals surface area contributed by atoms with E-state index in [9.17, 15) is 4.79 Å². The summed E-state index contributed by atoms with van der Waals surface area (Å²) >= 11 is 0.